The molecule has 0 saturated heterocycles. The lowest BCUT2D eigenvalue weighted by atomic mass is 10.2. The molecule has 0 radical (unpaired) electrons. The average molecular weight is 395 g/mol. The highest BCUT2D eigenvalue weighted by Gasteiger charge is 2.16. The second-order valence-corrected chi connectivity index (χ2v) is 7.78. The SMILES string of the molecule is Cc1ccc(S(=O)(=O)Br)c(Cl)c1I. The van der Waals surface area contributed by atoms with Crippen molar-refractivity contribution in [2.45, 2.75) is 11.8 Å². The van der Waals surface area contributed by atoms with Crippen LogP contribution in [0.4, 0.5) is 0 Å². The summed E-state index contributed by atoms with van der Waals surface area (Å²) < 4.78 is 23.1. The lowest BCUT2D eigenvalue weighted by Gasteiger charge is -2.04. The van der Waals surface area contributed by atoms with E-state index in [2.05, 4.69) is 14.8 Å². The van der Waals surface area contributed by atoms with Crippen LogP contribution in [0.15, 0.2) is 17.0 Å². The number of hydrogen-bond acceptors (Lipinski definition) is 2. The molecule has 0 unspecified atom stereocenters. The molecule has 0 atom stereocenters. The van der Waals surface area contributed by atoms with Gasteiger partial charge in [-0.3, -0.25) is 0 Å². The molecular formula is C7H5BrClIO2S. The Hall–Kier alpha value is 0.670. The molecule has 0 heterocycles. The van der Waals surface area contributed by atoms with Gasteiger partial charge in [0.2, 0.25) is 8.27 Å². The second kappa shape index (κ2) is 4.04. The van der Waals surface area contributed by atoms with Gasteiger partial charge < -0.3 is 0 Å². The third kappa shape index (κ3) is 2.57. The van der Waals surface area contributed by atoms with E-state index < -0.39 is 8.27 Å². The molecule has 0 spiro atoms. The molecule has 72 valence electrons. The molecule has 6 heteroatoms. The fourth-order valence-electron chi connectivity index (χ4n) is 0.817. The minimum absolute atomic E-state index is 0.115. The first kappa shape index (κ1) is 11.7. The van der Waals surface area contributed by atoms with Crippen LogP contribution in [0, 0.1) is 10.5 Å². The van der Waals surface area contributed by atoms with Gasteiger partial charge in [0, 0.05) is 3.57 Å². The number of aryl methyl sites for hydroxylation is 1. The van der Waals surface area contributed by atoms with Gasteiger partial charge in [-0.25, -0.2) is 8.42 Å². The monoisotopic (exact) mass is 394 g/mol. The predicted molar refractivity (Wildman–Crippen MR) is 65.0 cm³/mol. The van der Waals surface area contributed by atoms with Crippen molar-refractivity contribution >= 4 is 57.3 Å². The highest BCUT2D eigenvalue weighted by atomic mass is 127. The maximum atomic E-state index is 11.1. The molecule has 0 aliphatic heterocycles. The Morgan fingerprint density at radius 1 is 1.46 bits per heavy atom. The van der Waals surface area contributed by atoms with Gasteiger partial charge in [0.1, 0.15) is 0 Å². The zero-order valence-electron chi connectivity index (χ0n) is 6.51. The number of rotatable bonds is 1. The number of benzene rings is 1. The summed E-state index contributed by atoms with van der Waals surface area (Å²) in [5, 5.41) is 0.275. The van der Waals surface area contributed by atoms with Crippen molar-refractivity contribution in [2.75, 3.05) is 0 Å². The topological polar surface area (TPSA) is 34.1 Å². The highest BCUT2D eigenvalue weighted by Crippen LogP contribution is 2.31. The van der Waals surface area contributed by atoms with Gasteiger partial charge in [-0.2, -0.15) is 0 Å². The Labute approximate surface area is 103 Å². The van der Waals surface area contributed by atoms with Crippen molar-refractivity contribution in [3.8, 4) is 0 Å². The first-order valence-corrected chi connectivity index (χ1v) is 8.01. The molecule has 0 N–H and O–H groups in total. The molecule has 2 nitrogen and oxygen atoms in total. The zero-order chi connectivity index (χ0) is 10.2. The lowest BCUT2D eigenvalue weighted by molar-refractivity contribution is 0.611. The lowest BCUT2D eigenvalue weighted by Crippen LogP contribution is -1.94. The zero-order valence-corrected chi connectivity index (χ0v) is 11.8. The van der Waals surface area contributed by atoms with E-state index in [0.29, 0.717) is 0 Å². The summed E-state index contributed by atoms with van der Waals surface area (Å²) in [5.74, 6) is 0. The minimum atomic E-state index is -3.40. The summed E-state index contributed by atoms with van der Waals surface area (Å²) in [6.07, 6.45) is 0. The van der Waals surface area contributed by atoms with Gasteiger partial charge in [-0.05, 0) is 41.1 Å². The maximum Gasteiger partial charge on any atom is 0.239 e. The van der Waals surface area contributed by atoms with Crippen LogP contribution >= 0.6 is 49.0 Å². The van der Waals surface area contributed by atoms with Crippen LogP contribution in [0.5, 0.6) is 0 Å². The maximum absolute atomic E-state index is 11.1. The van der Waals surface area contributed by atoms with E-state index in [0.717, 1.165) is 9.13 Å². The van der Waals surface area contributed by atoms with Gasteiger partial charge >= 0.3 is 0 Å². The van der Waals surface area contributed by atoms with Crippen LogP contribution in [0.1, 0.15) is 5.56 Å². The van der Waals surface area contributed by atoms with E-state index in [1.165, 1.54) is 6.07 Å². The number of halogens is 3. The van der Waals surface area contributed by atoms with E-state index in [4.69, 9.17) is 11.6 Å². The molecule has 0 bridgehead atoms. The van der Waals surface area contributed by atoms with E-state index in [9.17, 15) is 8.42 Å². The van der Waals surface area contributed by atoms with Crippen LogP contribution in [-0.2, 0) is 8.27 Å². The summed E-state index contributed by atoms with van der Waals surface area (Å²) in [6, 6.07) is 3.21. The highest BCUT2D eigenvalue weighted by molar-refractivity contribution is 14.1. The van der Waals surface area contributed by atoms with Crippen LogP contribution in [0.3, 0.4) is 0 Å². The Morgan fingerprint density at radius 3 is 2.46 bits per heavy atom. The second-order valence-electron chi connectivity index (χ2n) is 2.45. The third-order valence-corrected chi connectivity index (χ3v) is 5.63. The Morgan fingerprint density at radius 2 is 2.00 bits per heavy atom. The summed E-state index contributed by atoms with van der Waals surface area (Å²) in [5.41, 5.74) is 0.963. The van der Waals surface area contributed by atoms with Gasteiger partial charge in [0.25, 0.3) is 0 Å². The van der Waals surface area contributed by atoms with Crippen LogP contribution in [0.25, 0.3) is 0 Å². The predicted octanol–water partition coefficient (Wildman–Crippen LogP) is 3.34. The van der Waals surface area contributed by atoms with Gasteiger partial charge in [0.15, 0.2) is 0 Å². The summed E-state index contributed by atoms with van der Waals surface area (Å²) in [4.78, 5) is 0.115. The molecule has 0 aliphatic rings. The molecule has 1 rings (SSSR count). The fraction of sp³-hybridized carbons (Fsp3) is 0.143. The molecule has 0 fully saturated rings. The van der Waals surface area contributed by atoms with Crippen LogP contribution in [0.2, 0.25) is 5.02 Å². The number of hydrogen-bond donors (Lipinski definition) is 0. The quantitative estimate of drug-likeness (QED) is 0.540. The largest absolute Gasteiger partial charge is 0.239 e. The molecular weight excluding hydrogens is 390 g/mol. The minimum Gasteiger partial charge on any atom is -0.212 e. The summed E-state index contributed by atoms with van der Waals surface area (Å²) >= 11 is 10.5. The Bertz CT molecular complexity index is 444. The summed E-state index contributed by atoms with van der Waals surface area (Å²) in [6.45, 7) is 1.87. The molecule has 1 aromatic carbocycles. The van der Waals surface area contributed by atoms with Crippen LogP contribution < -0.4 is 0 Å². The molecule has 1 aromatic rings. The summed E-state index contributed by atoms with van der Waals surface area (Å²) in [7, 11) is -3.40. The normalized spacial score (nSPS) is 11.7. The van der Waals surface area contributed by atoms with Crippen molar-refractivity contribution < 1.29 is 8.42 Å². The van der Waals surface area contributed by atoms with Crippen molar-refractivity contribution in [3.63, 3.8) is 0 Å². The van der Waals surface area contributed by atoms with E-state index in [1.807, 2.05) is 29.5 Å². The first-order chi connectivity index (χ1) is 5.84. The standard InChI is InChI=1S/C7H5BrClIO2S/c1-4-2-3-5(13(8,11)12)6(9)7(4)10/h2-3H,1H3. The van der Waals surface area contributed by atoms with Gasteiger partial charge in [0.05, 0.1) is 24.7 Å². The fourth-order valence-corrected chi connectivity index (χ4v) is 3.62. The van der Waals surface area contributed by atoms with E-state index >= 15 is 0 Å². The smallest absolute Gasteiger partial charge is 0.212 e. The average Bonchev–Trinajstić information content (AvgIpc) is 1.98. The van der Waals surface area contributed by atoms with Crippen LogP contribution in [-0.4, -0.2) is 8.42 Å². The Kier molecular flexibility index (Phi) is 3.65. The van der Waals surface area contributed by atoms with Gasteiger partial charge in [-0.15, -0.1) is 0 Å². The molecule has 0 saturated carbocycles. The molecule has 0 aliphatic carbocycles. The molecule has 13 heavy (non-hydrogen) atoms. The van der Waals surface area contributed by atoms with Crippen molar-refractivity contribution in [1.82, 2.24) is 0 Å². The van der Waals surface area contributed by atoms with Crippen molar-refractivity contribution in [3.05, 3.63) is 26.3 Å². The van der Waals surface area contributed by atoms with E-state index in [-0.39, 0.29) is 9.92 Å². The molecule has 0 aromatic heterocycles. The Balaban J connectivity index is 3.53. The first-order valence-electron chi connectivity index (χ1n) is 3.23. The molecule has 0 amide bonds. The van der Waals surface area contributed by atoms with Crippen molar-refractivity contribution in [1.29, 1.82) is 0 Å². The third-order valence-electron chi connectivity index (χ3n) is 1.50. The van der Waals surface area contributed by atoms with E-state index in [1.54, 1.807) is 6.07 Å². The van der Waals surface area contributed by atoms with Crippen molar-refractivity contribution in [2.24, 2.45) is 0 Å². The van der Waals surface area contributed by atoms with Gasteiger partial charge in [-0.1, -0.05) is 17.7 Å².